The maximum atomic E-state index is 11.7. The molecular weight excluding hydrogens is 225 g/mol. The molecule has 0 bridgehead atoms. The molecule has 0 radical (unpaired) electrons. The average Bonchev–Trinajstić information content (AvgIpc) is 2.01. The normalized spacial score (nSPS) is 11.4. The predicted molar refractivity (Wildman–Crippen MR) is 44.8 cm³/mol. The van der Waals surface area contributed by atoms with E-state index in [0.717, 1.165) is 11.0 Å². The van der Waals surface area contributed by atoms with Gasteiger partial charge in [0.1, 0.15) is 5.75 Å². The molecule has 6 heteroatoms. The van der Waals surface area contributed by atoms with Crippen molar-refractivity contribution in [3.8, 4) is 5.75 Å². The standard InChI is InChI=1S/C7H4ClF3OS/c8-13-6-3-1-2-5(4-6)12-7(9,10)11/h1-4H. The van der Waals surface area contributed by atoms with Crippen LogP contribution < -0.4 is 4.74 Å². The van der Waals surface area contributed by atoms with Crippen molar-refractivity contribution < 1.29 is 17.9 Å². The van der Waals surface area contributed by atoms with Crippen molar-refractivity contribution in [3.05, 3.63) is 24.3 Å². The molecule has 72 valence electrons. The summed E-state index contributed by atoms with van der Waals surface area (Å²) < 4.78 is 38.8. The first-order valence-corrected chi connectivity index (χ1v) is 4.80. The number of halogens is 4. The summed E-state index contributed by atoms with van der Waals surface area (Å²) in [5, 5.41) is 0. The molecule has 1 aromatic carbocycles. The van der Waals surface area contributed by atoms with Crippen LogP contribution in [0.1, 0.15) is 0 Å². The molecule has 0 fully saturated rings. The van der Waals surface area contributed by atoms with Crippen molar-refractivity contribution in [2.45, 2.75) is 11.3 Å². The molecule has 0 amide bonds. The monoisotopic (exact) mass is 228 g/mol. The lowest BCUT2D eigenvalue weighted by atomic mass is 10.3. The molecule has 0 aliphatic heterocycles. The number of benzene rings is 1. The minimum Gasteiger partial charge on any atom is -0.406 e. The first kappa shape index (κ1) is 10.5. The van der Waals surface area contributed by atoms with Crippen LogP contribution in [0.25, 0.3) is 0 Å². The maximum absolute atomic E-state index is 11.7. The van der Waals surface area contributed by atoms with Crippen LogP contribution in [-0.2, 0) is 0 Å². The third-order valence-corrected chi connectivity index (χ3v) is 2.09. The first-order chi connectivity index (χ1) is 6.01. The average molecular weight is 229 g/mol. The highest BCUT2D eigenvalue weighted by molar-refractivity contribution is 8.21. The zero-order valence-corrected chi connectivity index (χ0v) is 7.71. The van der Waals surface area contributed by atoms with E-state index in [1.807, 2.05) is 0 Å². The van der Waals surface area contributed by atoms with Gasteiger partial charge in [-0.15, -0.1) is 13.2 Å². The number of hydrogen-bond acceptors (Lipinski definition) is 2. The number of hydrogen-bond donors (Lipinski definition) is 0. The lowest BCUT2D eigenvalue weighted by molar-refractivity contribution is -0.274. The van der Waals surface area contributed by atoms with E-state index in [2.05, 4.69) is 4.74 Å². The van der Waals surface area contributed by atoms with Crippen LogP contribution in [0.5, 0.6) is 5.75 Å². The molecule has 0 aromatic heterocycles. The Kier molecular flexibility index (Phi) is 3.33. The number of alkyl halides is 3. The third kappa shape index (κ3) is 3.78. The van der Waals surface area contributed by atoms with Gasteiger partial charge < -0.3 is 4.74 Å². The molecule has 0 saturated heterocycles. The van der Waals surface area contributed by atoms with E-state index >= 15 is 0 Å². The van der Waals surface area contributed by atoms with Gasteiger partial charge in [-0.2, -0.15) is 0 Å². The maximum Gasteiger partial charge on any atom is 0.573 e. The Labute approximate surface area is 81.3 Å². The van der Waals surface area contributed by atoms with Crippen LogP contribution >= 0.6 is 21.7 Å². The molecule has 1 nitrogen and oxygen atoms in total. The smallest absolute Gasteiger partial charge is 0.406 e. The molecule has 13 heavy (non-hydrogen) atoms. The van der Waals surface area contributed by atoms with Crippen LogP contribution in [0.15, 0.2) is 29.2 Å². The second-order valence-electron chi connectivity index (χ2n) is 2.10. The van der Waals surface area contributed by atoms with Gasteiger partial charge in [0.2, 0.25) is 0 Å². The Morgan fingerprint density at radius 1 is 1.31 bits per heavy atom. The van der Waals surface area contributed by atoms with Gasteiger partial charge in [-0.3, -0.25) is 0 Å². The Hall–Kier alpha value is -0.550. The molecule has 0 heterocycles. The van der Waals surface area contributed by atoms with E-state index in [0.29, 0.717) is 4.90 Å². The zero-order valence-electron chi connectivity index (χ0n) is 6.14. The molecule has 0 saturated carbocycles. The zero-order chi connectivity index (χ0) is 9.90. The summed E-state index contributed by atoms with van der Waals surface area (Å²) in [5.74, 6) is -0.266. The first-order valence-electron chi connectivity index (χ1n) is 3.15. The fourth-order valence-electron chi connectivity index (χ4n) is 0.719. The molecule has 1 aromatic rings. The molecular formula is C7H4ClF3OS. The Morgan fingerprint density at radius 2 is 2.00 bits per heavy atom. The SMILES string of the molecule is FC(F)(F)Oc1cccc(SCl)c1. The highest BCUT2D eigenvalue weighted by Crippen LogP contribution is 2.28. The summed E-state index contributed by atoms with van der Waals surface area (Å²) in [4.78, 5) is 0.503. The van der Waals surface area contributed by atoms with Gasteiger partial charge in [0.25, 0.3) is 0 Å². The second-order valence-corrected chi connectivity index (χ2v) is 3.19. The summed E-state index contributed by atoms with van der Waals surface area (Å²) in [7, 11) is 6.18. The van der Waals surface area contributed by atoms with Crippen molar-refractivity contribution >= 4 is 21.7 Å². The molecule has 0 spiro atoms. The van der Waals surface area contributed by atoms with Crippen LogP contribution in [0.2, 0.25) is 0 Å². The Bertz CT molecular complexity index is 289. The summed E-state index contributed by atoms with van der Waals surface area (Å²) in [6, 6.07) is 5.45. The van der Waals surface area contributed by atoms with E-state index in [1.165, 1.54) is 18.2 Å². The summed E-state index contributed by atoms with van der Waals surface area (Å²) in [6.45, 7) is 0. The highest BCUT2D eigenvalue weighted by atomic mass is 35.7. The van der Waals surface area contributed by atoms with Crippen molar-refractivity contribution in [2.24, 2.45) is 0 Å². The third-order valence-electron chi connectivity index (χ3n) is 1.13. The van der Waals surface area contributed by atoms with Gasteiger partial charge in [-0.25, -0.2) is 0 Å². The minimum absolute atomic E-state index is 0.266. The number of rotatable bonds is 2. The fraction of sp³-hybridized carbons (Fsp3) is 0.143. The molecule has 1 rings (SSSR count). The largest absolute Gasteiger partial charge is 0.573 e. The minimum atomic E-state index is -4.66. The lowest BCUT2D eigenvalue weighted by Gasteiger charge is -2.08. The van der Waals surface area contributed by atoms with E-state index in [9.17, 15) is 13.2 Å². The molecule has 0 atom stereocenters. The van der Waals surface area contributed by atoms with Gasteiger partial charge in [0.05, 0.1) is 0 Å². The van der Waals surface area contributed by atoms with E-state index < -0.39 is 6.36 Å². The quantitative estimate of drug-likeness (QED) is 0.761. The predicted octanol–water partition coefficient (Wildman–Crippen LogP) is 3.83. The molecule has 0 aliphatic carbocycles. The van der Waals surface area contributed by atoms with Crippen LogP contribution in [-0.4, -0.2) is 6.36 Å². The summed E-state index contributed by atoms with van der Waals surface area (Å²) in [5.41, 5.74) is 0. The van der Waals surface area contributed by atoms with E-state index in [-0.39, 0.29) is 5.75 Å². The van der Waals surface area contributed by atoms with Crippen molar-refractivity contribution in [1.82, 2.24) is 0 Å². The van der Waals surface area contributed by atoms with Gasteiger partial charge in [0, 0.05) is 4.90 Å². The van der Waals surface area contributed by atoms with Gasteiger partial charge in [0.15, 0.2) is 0 Å². The van der Waals surface area contributed by atoms with Gasteiger partial charge in [-0.1, -0.05) is 6.07 Å². The highest BCUT2D eigenvalue weighted by Gasteiger charge is 2.31. The summed E-state index contributed by atoms with van der Waals surface area (Å²) in [6.07, 6.45) is -4.66. The van der Waals surface area contributed by atoms with Crippen LogP contribution in [0, 0.1) is 0 Å². The molecule has 0 aliphatic rings. The topological polar surface area (TPSA) is 9.23 Å². The Balaban J connectivity index is 2.78. The van der Waals surface area contributed by atoms with E-state index in [4.69, 9.17) is 10.7 Å². The molecule has 0 unspecified atom stereocenters. The second kappa shape index (κ2) is 4.11. The lowest BCUT2D eigenvalue weighted by Crippen LogP contribution is -2.16. The van der Waals surface area contributed by atoms with Crippen molar-refractivity contribution in [1.29, 1.82) is 0 Å². The van der Waals surface area contributed by atoms with Crippen LogP contribution in [0.3, 0.4) is 0 Å². The van der Waals surface area contributed by atoms with Crippen molar-refractivity contribution in [2.75, 3.05) is 0 Å². The van der Waals surface area contributed by atoms with Gasteiger partial charge in [-0.05, 0) is 39.9 Å². The van der Waals surface area contributed by atoms with Crippen LogP contribution in [0.4, 0.5) is 13.2 Å². The fourth-order valence-corrected chi connectivity index (χ4v) is 1.30. The number of ether oxygens (including phenoxy) is 1. The van der Waals surface area contributed by atoms with Gasteiger partial charge >= 0.3 is 6.36 Å². The molecule has 0 N–H and O–H groups in total. The van der Waals surface area contributed by atoms with E-state index in [1.54, 1.807) is 6.07 Å². The summed E-state index contributed by atoms with van der Waals surface area (Å²) >= 11 is 0. The Morgan fingerprint density at radius 3 is 2.54 bits per heavy atom. The van der Waals surface area contributed by atoms with Crippen molar-refractivity contribution in [3.63, 3.8) is 0 Å².